The van der Waals surface area contributed by atoms with Crippen LogP contribution in [0.15, 0.2) is 45.8 Å². The van der Waals surface area contributed by atoms with Crippen LogP contribution in [-0.2, 0) is 10.0 Å². The van der Waals surface area contributed by atoms with Crippen molar-refractivity contribution in [3.63, 3.8) is 0 Å². The molecule has 4 nitrogen and oxygen atoms in total. The molecule has 0 N–H and O–H groups in total. The zero-order chi connectivity index (χ0) is 18.7. The monoisotopic (exact) mass is 372 g/mol. The zero-order valence-corrected chi connectivity index (χ0v) is 16.9. The fraction of sp³-hybridized carbons (Fsp3) is 0.571. The normalized spacial score (nSPS) is 28.2. The van der Waals surface area contributed by atoms with Gasteiger partial charge in [-0.3, -0.25) is 4.99 Å². The van der Waals surface area contributed by atoms with E-state index in [1.54, 1.807) is 16.4 Å². The van der Waals surface area contributed by atoms with E-state index in [-0.39, 0.29) is 23.4 Å². The van der Waals surface area contributed by atoms with E-state index in [2.05, 4.69) is 26.8 Å². The van der Waals surface area contributed by atoms with Crippen LogP contribution < -0.4 is 0 Å². The largest absolute Gasteiger partial charge is 0.265 e. The summed E-state index contributed by atoms with van der Waals surface area (Å²) in [6.07, 6.45) is 6.27. The SMILES string of the molecule is CC1=C[C@H]2[C@@H](CC1)C(C)(C)N=C(C1CC1)N2S(=O)(=O)c1ccc(C)cc1. The lowest BCUT2D eigenvalue weighted by molar-refractivity contribution is 0.195. The van der Waals surface area contributed by atoms with E-state index < -0.39 is 10.0 Å². The van der Waals surface area contributed by atoms with E-state index in [0.717, 1.165) is 37.1 Å². The summed E-state index contributed by atoms with van der Waals surface area (Å²) in [6, 6.07) is 7.06. The standard InChI is InChI=1S/C21H28N2O2S/c1-14-5-10-17(11-6-14)26(24,25)23-19-13-15(2)7-12-18(19)21(3,4)22-20(23)16-8-9-16/h5-6,10-11,13,16,18-19H,7-9,12H2,1-4H3/t18-,19+/m1/s1. The molecule has 1 aromatic rings. The molecule has 2 aliphatic carbocycles. The molecule has 1 aliphatic heterocycles. The Morgan fingerprint density at radius 2 is 1.73 bits per heavy atom. The molecule has 1 heterocycles. The van der Waals surface area contributed by atoms with Crippen molar-refractivity contribution >= 4 is 15.9 Å². The Bertz CT molecular complexity index is 877. The highest BCUT2D eigenvalue weighted by molar-refractivity contribution is 7.89. The number of aryl methyl sites for hydroxylation is 1. The van der Waals surface area contributed by atoms with Crippen LogP contribution in [0.25, 0.3) is 0 Å². The third kappa shape index (κ3) is 2.90. The Labute approximate surface area is 157 Å². The van der Waals surface area contributed by atoms with Crippen LogP contribution in [0.4, 0.5) is 0 Å². The third-order valence-corrected chi connectivity index (χ3v) is 7.86. The van der Waals surface area contributed by atoms with E-state index in [1.165, 1.54) is 5.57 Å². The Morgan fingerprint density at radius 1 is 1.08 bits per heavy atom. The molecular formula is C21H28N2O2S. The summed E-state index contributed by atoms with van der Waals surface area (Å²) in [5.41, 5.74) is 2.12. The van der Waals surface area contributed by atoms with Gasteiger partial charge in [0, 0.05) is 11.8 Å². The van der Waals surface area contributed by atoms with Crippen molar-refractivity contribution < 1.29 is 8.42 Å². The van der Waals surface area contributed by atoms with E-state index in [4.69, 9.17) is 4.99 Å². The second-order valence-electron chi connectivity index (χ2n) is 8.66. The van der Waals surface area contributed by atoms with Gasteiger partial charge in [0.25, 0.3) is 10.0 Å². The van der Waals surface area contributed by atoms with Crippen molar-refractivity contribution in [2.24, 2.45) is 16.8 Å². The second-order valence-corrected chi connectivity index (χ2v) is 10.5. The van der Waals surface area contributed by atoms with Crippen molar-refractivity contribution in [2.45, 2.75) is 69.9 Å². The molecule has 0 bridgehead atoms. The first kappa shape index (κ1) is 17.8. The number of allylic oxidation sites excluding steroid dienone is 1. The number of benzene rings is 1. The van der Waals surface area contributed by atoms with Gasteiger partial charge in [0.15, 0.2) is 0 Å². The van der Waals surface area contributed by atoms with E-state index >= 15 is 0 Å². The molecule has 0 aromatic heterocycles. The molecule has 140 valence electrons. The van der Waals surface area contributed by atoms with Gasteiger partial charge in [-0.15, -0.1) is 0 Å². The Kier molecular flexibility index (Phi) is 4.07. The average Bonchev–Trinajstić information content (AvgIpc) is 3.38. The van der Waals surface area contributed by atoms with Gasteiger partial charge in [-0.2, -0.15) is 0 Å². The first-order valence-corrected chi connectivity index (χ1v) is 11.0. The Hall–Kier alpha value is -1.62. The first-order chi connectivity index (χ1) is 12.2. The highest BCUT2D eigenvalue weighted by atomic mass is 32.2. The average molecular weight is 373 g/mol. The summed E-state index contributed by atoms with van der Waals surface area (Å²) in [5.74, 6) is 1.28. The summed E-state index contributed by atoms with van der Waals surface area (Å²) in [7, 11) is -3.62. The molecule has 0 saturated heterocycles. The number of fused-ring (bicyclic) bond motifs is 1. The van der Waals surface area contributed by atoms with Crippen LogP contribution in [-0.4, -0.2) is 30.1 Å². The molecule has 1 saturated carbocycles. The maximum atomic E-state index is 13.6. The van der Waals surface area contributed by atoms with Crippen LogP contribution in [0.1, 0.15) is 52.0 Å². The number of rotatable bonds is 3. The van der Waals surface area contributed by atoms with Crippen LogP contribution in [0.3, 0.4) is 0 Å². The van der Waals surface area contributed by atoms with Gasteiger partial charge in [0.05, 0.1) is 16.5 Å². The molecule has 5 heteroatoms. The molecule has 1 aromatic carbocycles. The number of hydrogen-bond donors (Lipinski definition) is 0. The highest BCUT2D eigenvalue weighted by Crippen LogP contribution is 2.46. The molecule has 2 atom stereocenters. The minimum atomic E-state index is -3.62. The van der Waals surface area contributed by atoms with Crippen LogP contribution >= 0.6 is 0 Å². The number of aliphatic imine (C=N–C) groups is 1. The first-order valence-electron chi connectivity index (χ1n) is 9.58. The molecule has 0 amide bonds. The quantitative estimate of drug-likeness (QED) is 0.742. The van der Waals surface area contributed by atoms with Crippen LogP contribution in [0.2, 0.25) is 0 Å². The fourth-order valence-corrected chi connectivity index (χ4v) is 6.02. The van der Waals surface area contributed by atoms with Crippen molar-refractivity contribution in [2.75, 3.05) is 0 Å². The molecular weight excluding hydrogens is 344 g/mol. The summed E-state index contributed by atoms with van der Waals surface area (Å²) < 4.78 is 28.9. The summed E-state index contributed by atoms with van der Waals surface area (Å²) in [5, 5.41) is 0. The van der Waals surface area contributed by atoms with Crippen molar-refractivity contribution in [3.05, 3.63) is 41.5 Å². The van der Waals surface area contributed by atoms with Crippen LogP contribution in [0.5, 0.6) is 0 Å². The fourth-order valence-electron chi connectivity index (χ4n) is 4.35. The van der Waals surface area contributed by atoms with E-state index in [9.17, 15) is 8.42 Å². The molecule has 3 aliphatic rings. The van der Waals surface area contributed by atoms with E-state index in [0.29, 0.717) is 4.90 Å². The van der Waals surface area contributed by atoms with Gasteiger partial charge in [-0.1, -0.05) is 29.3 Å². The number of sulfonamides is 1. The smallest absolute Gasteiger partial charge is 0.265 e. The minimum Gasteiger partial charge on any atom is -0.265 e. The number of hydrogen-bond acceptors (Lipinski definition) is 3. The predicted octanol–water partition coefficient (Wildman–Crippen LogP) is 4.31. The third-order valence-electron chi connectivity index (χ3n) is 6.04. The van der Waals surface area contributed by atoms with Gasteiger partial charge >= 0.3 is 0 Å². The molecule has 4 rings (SSSR count). The van der Waals surface area contributed by atoms with Gasteiger partial charge in [-0.05, 0) is 65.5 Å². The maximum absolute atomic E-state index is 13.6. The lowest BCUT2D eigenvalue weighted by atomic mass is 9.73. The molecule has 0 spiro atoms. The lowest BCUT2D eigenvalue weighted by Crippen LogP contribution is -2.58. The summed E-state index contributed by atoms with van der Waals surface area (Å²) in [4.78, 5) is 5.38. The second kappa shape index (κ2) is 5.95. The Balaban J connectivity index is 1.87. The van der Waals surface area contributed by atoms with E-state index in [1.807, 2.05) is 19.1 Å². The van der Waals surface area contributed by atoms with Gasteiger partial charge in [0.2, 0.25) is 0 Å². The molecule has 0 unspecified atom stereocenters. The van der Waals surface area contributed by atoms with Gasteiger partial charge in [-0.25, -0.2) is 12.7 Å². The van der Waals surface area contributed by atoms with Crippen molar-refractivity contribution in [1.29, 1.82) is 0 Å². The minimum absolute atomic E-state index is 0.127. The Morgan fingerprint density at radius 3 is 2.35 bits per heavy atom. The zero-order valence-electron chi connectivity index (χ0n) is 16.1. The number of amidine groups is 1. The molecule has 1 fully saturated rings. The summed E-state index contributed by atoms with van der Waals surface area (Å²) in [6.45, 7) is 8.41. The predicted molar refractivity (Wildman–Crippen MR) is 105 cm³/mol. The van der Waals surface area contributed by atoms with Gasteiger partial charge in [0.1, 0.15) is 5.84 Å². The molecule has 0 radical (unpaired) electrons. The van der Waals surface area contributed by atoms with Gasteiger partial charge < -0.3 is 0 Å². The number of nitrogens with zero attached hydrogens (tertiary/aromatic N) is 2. The summed E-state index contributed by atoms with van der Waals surface area (Å²) >= 11 is 0. The maximum Gasteiger partial charge on any atom is 0.265 e. The van der Waals surface area contributed by atoms with Crippen molar-refractivity contribution in [3.8, 4) is 0 Å². The van der Waals surface area contributed by atoms with Crippen molar-refractivity contribution in [1.82, 2.24) is 4.31 Å². The molecule has 26 heavy (non-hydrogen) atoms. The van der Waals surface area contributed by atoms with Crippen LogP contribution in [0, 0.1) is 18.8 Å². The topological polar surface area (TPSA) is 49.7 Å². The highest BCUT2D eigenvalue weighted by Gasteiger charge is 2.51. The lowest BCUT2D eigenvalue weighted by Gasteiger charge is -2.49.